The Bertz CT molecular complexity index is 901. The Morgan fingerprint density at radius 1 is 0.962 bits per heavy atom. The van der Waals surface area contributed by atoms with E-state index < -0.39 is 0 Å². The minimum atomic E-state index is -0.0293. The zero-order valence-corrected chi connectivity index (χ0v) is 15.6. The van der Waals surface area contributed by atoms with Crippen molar-refractivity contribution in [1.82, 2.24) is 0 Å². The summed E-state index contributed by atoms with van der Waals surface area (Å²) in [4.78, 5) is 0. The molecule has 0 bridgehead atoms. The Morgan fingerprint density at radius 2 is 1.69 bits per heavy atom. The number of methoxy groups -OCH3 is 1. The summed E-state index contributed by atoms with van der Waals surface area (Å²) in [6.07, 6.45) is 1.01. The highest BCUT2D eigenvalue weighted by molar-refractivity contribution is 5.63. The van der Waals surface area contributed by atoms with E-state index in [0.717, 1.165) is 12.2 Å². The first-order valence-corrected chi connectivity index (χ1v) is 9.17. The molecule has 0 aromatic heterocycles. The van der Waals surface area contributed by atoms with E-state index in [1.54, 1.807) is 7.11 Å². The van der Waals surface area contributed by atoms with E-state index in [0.29, 0.717) is 0 Å². The molecule has 26 heavy (non-hydrogen) atoms. The van der Waals surface area contributed by atoms with E-state index in [1.165, 1.54) is 27.9 Å². The number of nitrogens with one attached hydrogen (secondary N) is 1. The van der Waals surface area contributed by atoms with E-state index in [9.17, 15) is 0 Å². The molecule has 2 heteroatoms. The Morgan fingerprint density at radius 3 is 2.38 bits per heavy atom. The van der Waals surface area contributed by atoms with Crippen LogP contribution in [0.5, 0.6) is 5.75 Å². The number of hydrogen-bond donors (Lipinski definition) is 1. The molecule has 1 aliphatic rings. The van der Waals surface area contributed by atoms with Crippen molar-refractivity contribution in [1.29, 1.82) is 0 Å². The Hall–Kier alpha value is -2.74. The quantitative estimate of drug-likeness (QED) is 0.642. The van der Waals surface area contributed by atoms with E-state index in [2.05, 4.69) is 79.8 Å². The maximum Gasteiger partial charge on any atom is 0.118 e. The number of anilines is 1. The molecule has 1 aliphatic heterocycles. The van der Waals surface area contributed by atoms with E-state index in [1.807, 2.05) is 12.1 Å². The standard InChI is InChI=1S/C24H25NO/c1-17-9-14-22-21(15-17)24(2,19-7-5-4-6-8-19)16-23(25-22)18-10-12-20(26-3)13-11-18/h4-15,23,25H,16H2,1-3H3/t23-,24+/m0/s1. The SMILES string of the molecule is COc1ccc([C@@H]2C[C@](C)(c3ccccc3)c3cc(C)ccc3N2)cc1. The maximum absolute atomic E-state index is 5.32. The largest absolute Gasteiger partial charge is 0.497 e. The molecule has 3 aromatic carbocycles. The van der Waals surface area contributed by atoms with Gasteiger partial charge in [0, 0.05) is 11.1 Å². The minimum absolute atomic E-state index is 0.0293. The number of hydrogen-bond acceptors (Lipinski definition) is 2. The third-order valence-electron chi connectivity index (χ3n) is 5.64. The van der Waals surface area contributed by atoms with E-state index >= 15 is 0 Å². The van der Waals surface area contributed by atoms with Crippen LogP contribution in [0.25, 0.3) is 0 Å². The third kappa shape index (κ3) is 2.86. The molecule has 0 saturated heterocycles. The van der Waals surface area contributed by atoms with Crippen molar-refractivity contribution in [3.8, 4) is 5.75 Å². The van der Waals surface area contributed by atoms with Crippen LogP contribution in [0.4, 0.5) is 5.69 Å². The van der Waals surface area contributed by atoms with Gasteiger partial charge < -0.3 is 10.1 Å². The summed E-state index contributed by atoms with van der Waals surface area (Å²) in [5, 5.41) is 3.76. The lowest BCUT2D eigenvalue weighted by atomic mass is 9.68. The molecule has 0 saturated carbocycles. The average Bonchev–Trinajstić information content (AvgIpc) is 2.69. The number of fused-ring (bicyclic) bond motifs is 1. The molecule has 1 N–H and O–H groups in total. The monoisotopic (exact) mass is 343 g/mol. The Kier molecular flexibility index (Phi) is 4.20. The highest BCUT2D eigenvalue weighted by Crippen LogP contribution is 2.48. The highest BCUT2D eigenvalue weighted by atomic mass is 16.5. The van der Waals surface area contributed by atoms with Crippen LogP contribution < -0.4 is 10.1 Å². The van der Waals surface area contributed by atoms with Crippen LogP contribution >= 0.6 is 0 Å². The molecule has 0 radical (unpaired) electrons. The molecule has 0 spiro atoms. The van der Waals surface area contributed by atoms with Gasteiger partial charge in [-0.1, -0.05) is 67.1 Å². The number of benzene rings is 3. The van der Waals surface area contributed by atoms with Gasteiger partial charge in [0.2, 0.25) is 0 Å². The fourth-order valence-corrected chi connectivity index (χ4v) is 4.11. The van der Waals surface area contributed by atoms with Crippen molar-refractivity contribution in [3.63, 3.8) is 0 Å². The van der Waals surface area contributed by atoms with Crippen molar-refractivity contribution < 1.29 is 4.74 Å². The molecule has 4 rings (SSSR count). The van der Waals surface area contributed by atoms with Gasteiger partial charge in [0.15, 0.2) is 0 Å². The van der Waals surface area contributed by atoms with Crippen molar-refractivity contribution in [2.24, 2.45) is 0 Å². The summed E-state index contributed by atoms with van der Waals surface area (Å²) in [5.41, 5.74) is 6.54. The van der Waals surface area contributed by atoms with Gasteiger partial charge in [0.1, 0.15) is 5.75 Å². The summed E-state index contributed by atoms with van der Waals surface area (Å²) < 4.78 is 5.32. The fraction of sp³-hybridized carbons (Fsp3) is 0.250. The van der Waals surface area contributed by atoms with Gasteiger partial charge in [0.05, 0.1) is 13.2 Å². The van der Waals surface area contributed by atoms with Crippen LogP contribution in [0.3, 0.4) is 0 Å². The Labute approximate surface area is 155 Å². The van der Waals surface area contributed by atoms with Crippen LogP contribution in [0.15, 0.2) is 72.8 Å². The smallest absolute Gasteiger partial charge is 0.118 e. The Balaban J connectivity index is 1.81. The molecule has 0 amide bonds. The normalized spacial score (nSPS) is 21.6. The molecule has 2 nitrogen and oxygen atoms in total. The lowest BCUT2D eigenvalue weighted by molar-refractivity contribution is 0.414. The molecule has 132 valence electrons. The van der Waals surface area contributed by atoms with E-state index in [-0.39, 0.29) is 11.5 Å². The molecule has 2 atom stereocenters. The zero-order chi connectivity index (χ0) is 18.1. The summed E-state index contributed by atoms with van der Waals surface area (Å²) in [5.74, 6) is 0.895. The van der Waals surface area contributed by atoms with Crippen molar-refractivity contribution in [3.05, 3.63) is 95.1 Å². The van der Waals surface area contributed by atoms with Gasteiger partial charge >= 0.3 is 0 Å². The molecular formula is C24H25NO. The predicted molar refractivity (Wildman–Crippen MR) is 108 cm³/mol. The summed E-state index contributed by atoms with van der Waals surface area (Å²) in [6, 6.07) is 26.3. The van der Waals surface area contributed by atoms with Crippen molar-refractivity contribution in [2.45, 2.75) is 31.7 Å². The number of aryl methyl sites for hydroxylation is 1. The highest BCUT2D eigenvalue weighted by Gasteiger charge is 2.38. The first kappa shape index (κ1) is 16.7. The first-order valence-electron chi connectivity index (χ1n) is 9.17. The second-order valence-electron chi connectivity index (χ2n) is 7.42. The van der Waals surface area contributed by atoms with Crippen molar-refractivity contribution in [2.75, 3.05) is 12.4 Å². The molecule has 3 aromatic rings. The lowest BCUT2D eigenvalue weighted by Crippen LogP contribution is -2.34. The first-order chi connectivity index (χ1) is 12.6. The van der Waals surface area contributed by atoms with Crippen LogP contribution in [-0.4, -0.2) is 7.11 Å². The third-order valence-corrected chi connectivity index (χ3v) is 5.64. The summed E-state index contributed by atoms with van der Waals surface area (Å²) in [7, 11) is 1.71. The topological polar surface area (TPSA) is 21.3 Å². The number of ether oxygens (including phenoxy) is 1. The molecule has 1 heterocycles. The molecular weight excluding hydrogens is 318 g/mol. The van der Waals surface area contributed by atoms with Gasteiger partial charge in [-0.2, -0.15) is 0 Å². The second kappa shape index (κ2) is 6.53. The zero-order valence-electron chi connectivity index (χ0n) is 15.6. The van der Waals surface area contributed by atoms with Crippen LogP contribution in [0.2, 0.25) is 0 Å². The molecule has 0 aliphatic carbocycles. The van der Waals surface area contributed by atoms with Gasteiger partial charge in [0.25, 0.3) is 0 Å². The van der Waals surface area contributed by atoms with Gasteiger partial charge in [-0.3, -0.25) is 0 Å². The van der Waals surface area contributed by atoms with Gasteiger partial charge in [-0.15, -0.1) is 0 Å². The van der Waals surface area contributed by atoms with Gasteiger partial charge in [-0.25, -0.2) is 0 Å². The average molecular weight is 343 g/mol. The molecule has 0 fully saturated rings. The fourth-order valence-electron chi connectivity index (χ4n) is 4.11. The van der Waals surface area contributed by atoms with Crippen LogP contribution in [0.1, 0.15) is 41.6 Å². The molecule has 0 unspecified atom stereocenters. The summed E-state index contributed by atoms with van der Waals surface area (Å²) >= 11 is 0. The van der Waals surface area contributed by atoms with Gasteiger partial charge in [-0.05, 0) is 48.2 Å². The van der Waals surface area contributed by atoms with E-state index in [4.69, 9.17) is 4.74 Å². The van der Waals surface area contributed by atoms with Crippen molar-refractivity contribution >= 4 is 5.69 Å². The number of rotatable bonds is 3. The van der Waals surface area contributed by atoms with Crippen LogP contribution in [0, 0.1) is 6.92 Å². The minimum Gasteiger partial charge on any atom is -0.497 e. The summed E-state index contributed by atoms with van der Waals surface area (Å²) in [6.45, 7) is 4.54. The van der Waals surface area contributed by atoms with Crippen LogP contribution in [-0.2, 0) is 5.41 Å². The second-order valence-corrected chi connectivity index (χ2v) is 7.42. The predicted octanol–water partition coefficient (Wildman–Crippen LogP) is 5.87. The lowest BCUT2D eigenvalue weighted by Gasteiger charge is -2.42. The maximum atomic E-state index is 5.32.